The highest BCUT2D eigenvalue weighted by Crippen LogP contribution is 2.49. The smallest absolute Gasteiger partial charge is 0.236 e. The maximum Gasteiger partial charge on any atom is 0.236 e. The molecule has 0 N–H and O–H groups in total. The van der Waals surface area contributed by atoms with Crippen molar-refractivity contribution in [3.8, 4) is 0 Å². The summed E-state index contributed by atoms with van der Waals surface area (Å²) >= 11 is 0. The van der Waals surface area contributed by atoms with E-state index in [0.717, 1.165) is 5.56 Å². The average Bonchev–Trinajstić information content (AvgIpc) is 3.32. The van der Waals surface area contributed by atoms with Crippen LogP contribution < -0.4 is 0 Å². The summed E-state index contributed by atoms with van der Waals surface area (Å²) in [5.41, 5.74) is 0.628. The van der Waals surface area contributed by atoms with Crippen LogP contribution in [0.4, 0.5) is 0 Å². The molecule has 0 unspecified atom stereocenters. The van der Waals surface area contributed by atoms with Gasteiger partial charge in [0.05, 0.1) is 5.41 Å². The number of carbonyl (C=O) groups excluding carboxylic acids is 2. The van der Waals surface area contributed by atoms with E-state index >= 15 is 0 Å². The SMILES string of the molecule is Cc1noc(CC(=O)N2CC[C@]3(C2)C(=O)N(C)C[C@@H]3c2ccccc2)n1. The zero-order valence-electron chi connectivity index (χ0n) is 15.0. The highest BCUT2D eigenvalue weighted by atomic mass is 16.5. The van der Waals surface area contributed by atoms with E-state index < -0.39 is 5.41 Å². The number of nitrogens with zero attached hydrogens (tertiary/aromatic N) is 4. The summed E-state index contributed by atoms with van der Waals surface area (Å²) in [4.78, 5) is 33.3. The molecule has 0 saturated carbocycles. The molecule has 2 amide bonds. The minimum atomic E-state index is -0.531. The van der Waals surface area contributed by atoms with Crippen molar-refractivity contribution in [2.24, 2.45) is 5.41 Å². The second-order valence-electron chi connectivity index (χ2n) is 7.28. The number of hydrogen-bond acceptors (Lipinski definition) is 5. The van der Waals surface area contributed by atoms with Gasteiger partial charge in [0, 0.05) is 32.6 Å². The molecule has 136 valence electrons. The highest BCUT2D eigenvalue weighted by molar-refractivity contribution is 5.89. The van der Waals surface area contributed by atoms with Crippen LogP contribution in [0.15, 0.2) is 34.9 Å². The third kappa shape index (κ3) is 2.67. The molecule has 1 aromatic heterocycles. The first-order valence-corrected chi connectivity index (χ1v) is 8.87. The number of carbonyl (C=O) groups is 2. The second-order valence-corrected chi connectivity index (χ2v) is 7.28. The van der Waals surface area contributed by atoms with Crippen LogP contribution in [0.25, 0.3) is 0 Å². The molecule has 3 heterocycles. The average molecular weight is 354 g/mol. The minimum Gasteiger partial charge on any atom is -0.345 e. The normalized spacial score (nSPS) is 25.5. The van der Waals surface area contributed by atoms with Gasteiger partial charge in [0.15, 0.2) is 5.82 Å². The summed E-state index contributed by atoms with van der Waals surface area (Å²) in [5, 5.41) is 3.72. The van der Waals surface area contributed by atoms with Crippen molar-refractivity contribution in [1.29, 1.82) is 0 Å². The third-order valence-electron chi connectivity index (χ3n) is 5.62. The molecule has 0 bridgehead atoms. The summed E-state index contributed by atoms with van der Waals surface area (Å²) < 4.78 is 5.06. The van der Waals surface area contributed by atoms with Gasteiger partial charge >= 0.3 is 0 Å². The molecule has 2 aromatic rings. The number of rotatable bonds is 3. The molecule has 2 fully saturated rings. The topological polar surface area (TPSA) is 79.5 Å². The monoisotopic (exact) mass is 354 g/mol. The van der Waals surface area contributed by atoms with E-state index in [1.807, 2.05) is 25.2 Å². The fourth-order valence-corrected chi connectivity index (χ4v) is 4.33. The van der Waals surface area contributed by atoms with Gasteiger partial charge in [0.25, 0.3) is 0 Å². The Kier molecular flexibility index (Phi) is 4.01. The fraction of sp³-hybridized carbons (Fsp3) is 0.474. The molecule has 2 atom stereocenters. The van der Waals surface area contributed by atoms with Gasteiger partial charge in [-0.05, 0) is 18.9 Å². The van der Waals surface area contributed by atoms with Crippen LogP contribution in [-0.2, 0) is 16.0 Å². The Morgan fingerprint density at radius 2 is 2.12 bits per heavy atom. The molecular formula is C19H22N4O3. The van der Waals surface area contributed by atoms with Gasteiger partial charge < -0.3 is 14.3 Å². The first kappa shape index (κ1) is 16.8. The van der Waals surface area contributed by atoms with Crippen LogP contribution in [0.2, 0.25) is 0 Å². The Labute approximate surface area is 152 Å². The van der Waals surface area contributed by atoms with Gasteiger partial charge in [-0.3, -0.25) is 9.59 Å². The molecule has 2 aliphatic heterocycles. The van der Waals surface area contributed by atoms with E-state index in [9.17, 15) is 9.59 Å². The molecule has 7 heteroatoms. The maximum atomic E-state index is 13.0. The molecule has 2 saturated heterocycles. The van der Waals surface area contributed by atoms with Gasteiger partial charge in [-0.25, -0.2) is 0 Å². The van der Waals surface area contributed by atoms with Gasteiger partial charge in [-0.2, -0.15) is 4.98 Å². The van der Waals surface area contributed by atoms with Crippen molar-refractivity contribution in [2.45, 2.75) is 25.7 Å². The summed E-state index contributed by atoms with van der Waals surface area (Å²) in [5.74, 6) is 1.00. The standard InChI is InChI=1S/C19H22N4O3/c1-13-20-16(26-21-13)10-17(24)23-9-8-19(12-23)15(11-22(2)18(19)25)14-6-4-3-5-7-14/h3-7,15H,8-12H2,1-2H3/t15-,19-/m1/s1. The van der Waals surface area contributed by atoms with E-state index in [4.69, 9.17) is 4.52 Å². The fourth-order valence-electron chi connectivity index (χ4n) is 4.33. The Hall–Kier alpha value is -2.70. The largest absolute Gasteiger partial charge is 0.345 e. The van der Waals surface area contributed by atoms with Crippen molar-refractivity contribution in [2.75, 3.05) is 26.7 Å². The lowest BCUT2D eigenvalue weighted by atomic mass is 9.73. The second kappa shape index (κ2) is 6.23. The number of likely N-dealkylation sites (tertiary alicyclic amines) is 2. The molecule has 0 aliphatic carbocycles. The van der Waals surface area contributed by atoms with Gasteiger partial charge in [0.1, 0.15) is 6.42 Å². The third-order valence-corrected chi connectivity index (χ3v) is 5.62. The van der Waals surface area contributed by atoms with E-state index in [1.54, 1.807) is 16.7 Å². The quantitative estimate of drug-likeness (QED) is 0.832. The van der Waals surface area contributed by atoms with Gasteiger partial charge in [-0.15, -0.1) is 0 Å². The lowest BCUT2D eigenvalue weighted by Crippen LogP contribution is -2.39. The Morgan fingerprint density at radius 3 is 2.81 bits per heavy atom. The predicted molar refractivity (Wildman–Crippen MR) is 93.2 cm³/mol. The molecule has 4 rings (SSSR count). The minimum absolute atomic E-state index is 0.0697. The zero-order chi connectivity index (χ0) is 18.3. The number of hydrogen-bond donors (Lipinski definition) is 0. The van der Waals surface area contributed by atoms with Crippen LogP contribution >= 0.6 is 0 Å². The van der Waals surface area contributed by atoms with Crippen molar-refractivity contribution >= 4 is 11.8 Å². The van der Waals surface area contributed by atoms with Crippen molar-refractivity contribution < 1.29 is 14.1 Å². The number of amides is 2. The van der Waals surface area contributed by atoms with Crippen LogP contribution in [0.1, 0.15) is 29.6 Å². The van der Waals surface area contributed by atoms with Crippen molar-refractivity contribution in [3.63, 3.8) is 0 Å². The number of aromatic nitrogens is 2. The van der Waals surface area contributed by atoms with E-state index in [2.05, 4.69) is 22.3 Å². The molecule has 1 spiro atoms. The first-order chi connectivity index (χ1) is 12.5. The summed E-state index contributed by atoms with van der Waals surface area (Å²) in [6.45, 7) is 3.43. The van der Waals surface area contributed by atoms with Crippen LogP contribution in [0.5, 0.6) is 0 Å². The molecule has 2 aliphatic rings. The summed E-state index contributed by atoms with van der Waals surface area (Å²) in [6.07, 6.45) is 0.765. The Balaban J connectivity index is 1.56. The Bertz CT molecular complexity index is 834. The summed E-state index contributed by atoms with van der Waals surface area (Å²) in [6, 6.07) is 10.1. The van der Waals surface area contributed by atoms with E-state index in [1.165, 1.54) is 0 Å². The van der Waals surface area contributed by atoms with Crippen LogP contribution in [0, 0.1) is 12.3 Å². The summed E-state index contributed by atoms with van der Waals surface area (Å²) in [7, 11) is 1.85. The lowest BCUT2D eigenvalue weighted by molar-refractivity contribution is -0.135. The predicted octanol–water partition coefficient (Wildman–Crippen LogP) is 1.40. The van der Waals surface area contributed by atoms with Crippen LogP contribution in [0.3, 0.4) is 0 Å². The highest BCUT2D eigenvalue weighted by Gasteiger charge is 2.57. The van der Waals surface area contributed by atoms with Crippen molar-refractivity contribution in [3.05, 3.63) is 47.6 Å². The zero-order valence-corrected chi connectivity index (χ0v) is 15.0. The van der Waals surface area contributed by atoms with Crippen LogP contribution in [-0.4, -0.2) is 58.4 Å². The maximum absolute atomic E-state index is 13.0. The van der Waals surface area contributed by atoms with Gasteiger partial charge in [0.2, 0.25) is 17.7 Å². The van der Waals surface area contributed by atoms with Crippen molar-refractivity contribution in [1.82, 2.24) is 19.9 Å². The molecule has 26 heavy (non-hydrogen) atoms. The molecule has 0 radical (unpaired) electrons. The molecular weight excluding hydrogens is 332 g/mol. The number of benzene rings is 1. The van der Waals surface area contributed by atoms with E-state index in [0.29, 0.717) is 37.8 Å². The Morgan fingerprint density at radius 1 is 1.35 bits per heavy atom. The lowest BCUT2D eigenvalue weighted by Gasteiger charge is -2.28. The van der Waals surface area contributed by atoms with Gasteiger partial charge in [-0.1, -0.05) is 35.5 Å². The van der Waals surface area contributed by atoms with E-state index in [-0.39, 0.29) is 24.2 Å². The number of likely N-dealkylation sites (N-methyl/N-ethyl adjacent to an activating group) is 1. The number of aryl methyl sites for hydroxylation is 1. The molecule has 7 nitrogen and oxygen atoms in total. The molecule has 1 aromatic carbocycles. The first-order valence-electron chi connectivity index (χ1n) is 8.87.